The minimum atomic E-state index is -4.48. The van der Waals surface area contributed by atoms with Crippen molar-refractivity contribution in [1.29, 1.82) is 0 Å². The Morgan fingerprint density at radius 1 is 1.33 bits per heavy atom. The average Bonchev–Trinajstić information content (AvgIpc) is 2.16. The first-order chi connectivity index (χ1) is 7.63. The normalized spacial score (nSPS) is 11.6. The van der Waals surface area contributed by atoms with Crippen LogP contribution < -0.4 is 4.74 Å². The maximum atomic E-state index is 12.2. The third kappa shape index (κ3) is 4.06. The fraction of sp³-hybridized carbons (Fsp3) is 0.400. The third-order valence-electron chi connectivity index (χ3n) is 1.94. The molecule has 1 aromatic heterocycles. The van der Waals surface area contributed by atoms with Crippen molar-refractivity contribution in [2.45, 2.75) is 25.6 Å². The number of aliphatic carboxylic acids is 1. The molecular weight excluding hydrogens is 275 g/mol. The molecule has 1 N–H and O–H groups in total. The second-order valence-corrected chi connectivity index (χ2v) is 3.80. The first-order valence-corrected chi connectivity index (χ1v) is 4.58. The molecular formula is C10H11ClF3NO3. The molecule has 0 aromatic carbocycles. The smallest absolute Gasteiger partial charge is 0.417 e. The van der Waals surface area contributed by atoms with Crippen LogP contribution in [0.1, 0.15) is 19.4 Å². The second kappa shape index (κ2) is 5.43. The average molecular weight is 286 g/mol. The summed E-state index contributed by atoms with van der Waals surface area (Å²) in [6, 6.07) is 1.76. The van der Waals surface area contributed by atoms with E-state index in [4.69, 9.17) is 9.84 Å². The Bertz CT molecular complexity index is 417. The van der Waals surface area contributed by atoms with Crippen molar-refractivity contribution in [3.05, 3.63) is 23.9 Å². The van der Waals surface area contributed by atoms with Crippen LogP contribution in [0.5, 0.6) is 5.88 Å². The van der Waals surface area contributed by atoms with Crippen LogP contribution in [-0.2, 0) is 11.0 Å². The predicted octanol–water partition coefficient (Wildman–Crippen LogP) is 2.76. The summed E-state index contributed by atoms with van der Waals surface area (Å²) in [4.78, 5) is 14.1. The second-order valence-electron chi connectivity index (χ2n) is 3.80. The number of halogens is 4. The van der Waals surface area contributed by atoms with Gasteiger partial charge in [-0.3, -0.25) is 0 Å². The molecule has 102 valence electrons. The van der Waals surface area contributed by atoms with E-state index < -0.39 is 23.3 Å². The number of aromatic nitrogens is 1. The molecule has 0 unspecified atom stereocenters. The molecule has 4 nitrogen and oxygen atoms in total. The van der Waals surface area contributed by atoms with Crippen molar-refractivity contribution in [2.75, 3.05) is 0 Å². The van der Waals surface area contributed by atoms with Crippen molar-refractivity contribution in [2.24, 2.45) is 0 Å². The Balaban J connectivity index is 0.00000289. The van der Waals surface area contributed by atoms with E-state index in [0.717, 1.165) is 12.1 Å². The number of carboxylic acid groups (broad SMARTS) is 1. The molecule has 0 aliphatic heterocycles. The largest absolute Gasteiger partial charge is 0.478 e. The van der Waals surface area contributed by atoms with E-state index in [9.17, 15) is 18.0 Å². The Hall–Kier alpha value is -1.50. The minimum absolute atomic E-state index is 0. The van der Waals surface area contributed by atoms with Crippen LogP contribution in [0, 0.1) is 0 Å². The van der Waals surface area contributed by atoms with E-state index in [2.05, 4.69) is 4.98 Å². The lowest BCUT2D eigenvalue weighted by molar-refractivity contribution is -0.152. The van der Waals surface area contributed by atoms with Gasteiger partial charge in [-0.2, -0.15) is 13.2 Å². The van der Waals surface area contributed by atoms with E-state index in [-0.39, 0.29) is 18.3 Å². The number of carbonyl (C=O) groups is 1. The van der Waals surface area contributed by atoms with Crippen LogP contribution in [0.15, 0.2) is 18.3 Å². The van der Waals surface area contributed by atoms with Crippen molar-refractivity contribution in [3.8, 4) is 5.88 Å². The number of rotatable bonds is 3. The Kier molecular flexibility index (Phi) is 4.98. The van der Waals surface area contributed by atoms with Gasteiger partial charge in [-0.25, -0.2) is 9.78 Å². The Labute approximate surface area is 107 Å². The highest BCUT2D eigenvalue weighted by Crippen LogP contribution is 2.29. The molecule has 0 spiro atoms. The lowest BCUT2D eigenvalue weighted by atomic mass is 10.1. The van der Waals surface area contributed by atoms with Gasteiger partial charge in [0.15, 0.2) is 0 Å². The zero-order valence-electron chi connectivity index (χ0n) is 9.49. The van der Waals surface area contributed by atoms with Gasteiger partial charge < -0.3 is 9.84 Å². The Morgan fingerprint density at radius 2 is 1.89 bits per heavy atom. The van der Waals surface area contributed by atoms with Crippen LogP contribution in [0.4, 0.5) is 13.2 Å². The van der Waals surface area contributed by atoms with E-state index >= 15 is 0 Å². The van der Waals surface area contributed by atoms with Gasteiger partial charge in [-0.05, 0) is 19.9 Å². The zero-order valence-corrected chi connectivity index (χ0v) is 10.3. The fourth-order valence-electron chi connectivity index (χ4n) is 0.913. The summed E-state index contributed by atoms with van der Waals surface area (Å²) in [7, 11) is 0. The number of pyridine rings is 1. The number of carboxylic acids is 1. The summed E-state index contributed by atoms with van der Waals surface area (Å²) in [5.74, 6) is -1.41. The summed E-state index contributed by atoms with van der Waals surface area (Å²) in [5.41, 5.74) is -2.47. The molecule has 18 heavy (non-hydrogen) atoms. The highest BCUT2D eigenvalue weighted by atomic mass is 35.5. The predicted molar refractivity (Wildman–Crippen MR) is 58.8 cm³/mol. The van der Waals surface area contributed by atoms with Crippen LogP contribution in [-0.4, -0.2) is 21.7 Å². The van der Waals surface area contributed by atoms with Crippen molar-refractivity contribution >= 4 is 18.4 Å². The SMILES string of the molecule is CC(C)(Oc1ccc(C(F)(F)F)cn1)C(=O)O.Cl. The van der Waals surface area contributed by atoms with Crippen LogP contribution in [0.2, 0.25) is 0 Å². The highest BCUT2D eigenvalue weighted by molar-refractivity contribution is 5.85. The number of hydrogen-bond donors (Lipinski definition) is 1. The molecule has 1 heterocycles. The molecule has 0 saturated heterocycles. The van der Waals surface area contributed by atoms with Gasteiger partial charge in [0.2, 0.25) is 11.5 Å². The molecule has 0 amide bonds. The number of ether oxygens (including phenoxy) is 1. The van der Waals surface area contributed by atoms with Gasteiger partial charge in [0, 0.05) is 12.3 Å². The summed E-state index contributed by atoms with van der Waals surface area (Å²) in [5, 5.41) is 8.75. The minimum Gasteiger partial charge on any atom is -0.478 e. The number of alkyl halides is 3. The monoisotopic (exact) mass is 285 g/mol. The Morgan fingerprint density at radius 3 is 2.22 bits per heavy atom. The first kappa shape index (κ1) is 16.5. The van der Waals surface area contributed by atoms with E-state index in [1.54, 1.807) is 0 Å². The van der Waals surface area contributed by atoms with Crippen LogP contribution in [0.3, 0.4) is 0 Å². The molecule has 0 aliphatic rings. The summed E-state index contributed by atoms with van der Waals surface area (Å²) in [6.45, 7) is 2.55. The lowest BCUT2D eigenvalue weighted by Gasteiger charge is -2.20. The summed E-state index contributed by atoms with van der Waals surface area (Å²) >= 11 is 0. The molecule has 0 radical (unpaired) electrons. The van der Waals surface area contributed by atoms with Gasteiger partial charge in [-0.1, -0.05) is 0 Å². The zero-order chi connectivity index (χ0) is 13.3. The number of hydrogen-bond acceptors (Lipinski definition) is 3. The third-order valence-corrected chi connectivity index (χ3v) is 1.94. The molecule has 8 heteroatoms. The topological polar surface area (TPSA) is 59.4 Å². The molecule has 1 rings (SSSR count). The van der Waals surface area contributed by atoms with E-state index in [1.807, 2.05) is 0 Å². The standard InChI is InChI=1S/C10H10F3NO3.ClH/c1-9(2,8(15)16)17-7-4-3-6(5-14-7)10(11,12)13;/h3-5H,1-2H3,(H,15,16);1H. The molecule has 1 aromatic rings. The van der Waals surface area contributed by atoms with Gasteiger partial charge in [0.25, 0.3) is 0 Å². The van der Waals surface area contributed by atoms with Crippen molar-refractivity contribution in [3.63, 3.8) is 0 Å². The van der Waals surface area contributed by atoms with Gasteiger partial charge >= 0.3 is 12.1 Å². The van der Waals surface area contributed by atoms with Crippen LogP contribution in [0.25, 0.3) is 0 Å². The first-order valence-electron chi connectivity index (χ1n) is 4.58. The van der Waals surface area contributed by atoms with Crippen molar-refractivity contribution in [1.82, 2.24) is 4.98 Å². The van der Waals surface area contributed by atoms with Gasteiger partial charge in [-0.15, -0.1) is 12.4 Å². The molecule has 0 atom stereocenters. The molecule has 0 bridgehead atoms. The highest BCUT2D eigenvalue weighted by Gasteiger charge is 2.32. The molecule has 0 saturated carbocycles. The van der Waals surface area contributed by atoms with Crippen LogP contribution >= 0.6 is 12.4 Å². The summed E-state index contributed by atoms with van der Waals surface area (Å²) < 4.78 is 41.6. The van der Waals surface area contributed by atoms with E-state index in [1.165, 1.54) is 13.8 Å². The lowest BCUT2D eigenvalue weighted by Crippen LogP contribution is -2.38. The quantitative estimate of drug-likeness (QED) is 0.928. The van der Waals surface area contributed by atoms with Gasteiger partial charge in [0.1, 0.15) is 0 Å². The maximum Gasteiger partial charge on any atom is 0.417 e. The fourth-order valence-corrected chi connectivity index (χ4v) is 0.913. The van der Waals surface area contributed by atoms with E-state index in [0.29, 0.717) is 6.20 Å². The molecule has 0 aliphatic carbocycles. The summed E-state index contributed by atoms with van der Waals surface area (Å²) in [6.07, 6.45) is -3.89. The maximum absolute atomic E-state index is 12.2. The van der Waals surface area contributed by atoms with Crippen molar-refractivity contribution < 1.29 is 27.8 Å². The number of nitrogens with zero attached hydrogens (tertiary/aromatic N) is 1. The van der Waals surface area contributed by atoms with Gasteiger partial charge in [0.05, 0.1) is 5.56 Å². The molecule has 0 fully saturated rings.